The number of aromatic nitrogens is 3. The molecule has 0 saturated carbocycles. The van der Waals surface area contributed by atoms with E-state index in [0.717, 1.165) is 15.1 Å². The number of aromatic hydroxyl groups is 1. The second-order valence-corrected chi connectivity index (χ2v) is 8.83. The summed E-state index contributed by atoms with van der Waals surface area (Å²) in [6.07, 6.45) is 3.11. The standard InChI is InChI=1S/C22H23IN6O3S/c1-3-11-29-19(13-24-17-9-7-16(23)8-10-17)26-28-22(29)33-14-20(30)27-25-12-15-5-4-6-18(32-2)21(15)31/h3-10,12,24,31H,1,11,13-14H2,2H3,(H,27,30)/b25-12+. The van der Waals surface area contributed by atoms with Crippen molar-refractivity contribution in [2.75, 3.05) is 18.2 Å². The number of carbonyl (C=O) groups excluding carboxylic acids is 1. The van der Waals surface area contributed by atoms with Crippen LogP contribution in [-0.2, 0) is 17.9 Å². The van der Waals surface area contributed by atoms with E-state index >= 15 is 0 Å². The smallest absolute Gasteiger partial charge is 0.250 e. The second-order valence-electron chi connectivity index (χ2n) is 6.64. The summed E-state index contributed by atoms with van der Waals surface area (Å²) in [6, 6.07) is 13.1. The highest BCUT2D eigenvalue weighted by atomic mass is 127. The molecule has 0 spiro atoms. The fraction of sp³-hybridized carbons (Fsp3) is 0.182. The van der Waals surface area contributed by atoms with E-state index in [1.54, 1.807) is 24.3 Å². The molecule has 0 aliphatic carbocycles. The zero-order valence-electron chi connectivity index (χ0n) is 17.9. The Morgan fingerprint density at radius 1 is 1.30 bits per heavy atom. The minimum Gasteiger partial charge on any atom is -0.504 e. The average Bonchev–Trinajstić information content (AvgIpc) is 3.20. The van der Waals surface area contributed by atoms with E-state index in [1.165, 1.54) is 25.1 Å². The summed E-state index contributed by atoms with van der Waals surface area (Å²) < 4.78 is 8.12. The fourth-order valence-corrected chi connectivity index (χ4v) is 3.88. The van der Waals surface area contributed by atoms with Crippen LogP contribution in [0.3, 0.4) is 0 Å². The summed E-state index contributed by atoms with van der Waals surface area (Å²) in [5, 5.41) is 26.4. The van der Waals surface area contributed by atoms with Gasteiger partial charge >= 0.3 is 0 Å². The normalized spacial score (nSPS) is 10.8. The highest BCUT2D eigenvalue weighted by Crippen LogP contribution is 2.28. The molecule has 0 aliphatic rings. The summed E-state index contributed by atoms with van der Waals surface area (Å²) in [5.41, 5.74) is 3.86. The number of benzene rings is 2. The molecule has 0 aliphatic heterocycles. The molecule has 2 aromatic carbocycles. The van der Waals surface area contributed by atoms with Gasteiger partial charge in [0.2, 0.25) is 0 Å². The fourth-order valence-electron chi connectivity index (χ4n) is 2.76. The van der Waals surface area contributed by atoms with Crippen molar-refractivity contribution < 1.29 is 14.6 Å². The van der Waals surface area contributed by atoms with Gasteiger partial charge in [-0.1, -0.05) is 23.9 Å². The highest BCUT2D eigenvalue weighted by Gasteiger charge is 2.13. The van der Waals surface area contributed by atoms with Crippen molar-refractivity contribution in [3.8, 4) is 11.5 Å². The molecule has 0 unspecified atom stereocenters. The number of methoxy groups -OCH3 is 1. The lowest BCUT2D eigenvalue weighted by Crippen LogP contribution is -2.20. The van der Waals surface area contributed by atoms with Gasteiger partial charge in [0.1, 0.15) is 0 Å². The van der Waals surface area contributed by atoms with Crippen LogP contribution in [0.5, 0.6) is 11.5 Å². The lowest BCUT2D eigenvalue weighted by Gasteiger charge is -2.09. The minimum absolute atomic E-state index is 0.0451. The predicted octanol–water partition coefficient (Wildman–Crippen LogP) is 3.64. The number of phenols is 1. The molecule has 9 nitrogen and oxygen atoms in total. The average molecular weight is 578 g/mol. The zero-order valence-corrected chi connectivity index (χ0v) is 20.8. The number of ether oxygens (including phenoxy) is 1. The number of rotatable bonds is 11. The highest BCUT2D eigenvalue weighted by molar-refractivity contribution is 14.1. The molecule has 3 rings (SSSR count). The van der Waals surface area contributed by atoms with E-state index in [-0.39, 0.29) is 17.4 Å². The molecule has 1 aromatic heterocycles. The second kappa shape index (κ2) is 12.3. The number of phenolic OH excluding ortho intramolecular Hbond substituents is 1. The number of hydrogen-bond acceptors (Lipinski definition) is 8. The first-order valence-corrected chi connectivity index (χ1v) is 11.9. The maximum absolute atomic E-state index is 12.2. The monoisotopic (exact) mass is 578 g/mol. The Morgan fingerprint density at radius 2 is 2.09 bits per heavy atom. The van der Waals surface area contributed by atoms with Gasteiger partial charge in [0.25, 0.3) is 5.91 Å². The van der Waals surface area contributed by atoms with Gasteiger partial charge < -0.3 is 19.7 Å². The molecular weight excluding hydrogens is 555 g/mol. The van der Waals surface area contributed by atoms with E-state index in [2.05, 4.69) is 55.2 Å². The summed E-state index contributed by atoms with van der Waals surface area (Å²) in [6.45, 7) is 4.81. The van der Waals surface area contributed by atoms with Gasteiger partial charge in [-0.15, -0.1) is 16.8 Å². The number of nitrogens with one attached hydrogen (secondary N) is 2. The summed E-state index contributed by atoms with van der Waals surface area (Å²) >= 11 is 3.51. The van der Waals surface area contributed by atoms with E-state index in [1.807, 2.05) is 28.8 Å². The van der Waals surface area contributed by atoms with Crippen molar-refractivity contribution >= 4 is 52.2 Å². The lowest BCUT2D eigenvalue weighted by atomic mass is 10.2. The van der Waals surface area contributed by atoms with E-state index < -0.39 is 0 Å². The third-order valence-electron chi connectivity index (χ3n) is 4.38. The van der Waals surface area contributed by atoms with Gasteiger partial charge in [0, 0.05) is 21.4 Å². The van der Waals surface area contributed by atoms with E-state index in [4.69, 9.17) is 4.74 Å². The van der Waals surface area contributed by atoms with Crippen LogP contribution in [0.25, 0.3) is 0 Å². The molecule has 3 aromatic rings. The van der Waals surface area contributed by atoms with E-state index in [9.17, 15) is 9.90 Å². The van der Waals surface area contributed by atoms with Crippen molar-refractivity contribution in [3.63, 3.8) is 0 Å². The maximum Gasteiger partial charge on any atom is 0.250 e. The van der Waals surface area contributed by atoms with Crippen molar-refractivity contribution in [2.45, 2.75) is 18.2 Å². The number of nitrogens with zero attached hydrogens (tertiary/aromatic N) is 4. The molecule has 0 atom stereocenters. The first kappa shape index (κ1) is 24.6. The Labute approximate surface area is 209 Å². The Hall–Kier alpha value is -3.06. The van der Waals surface area contributed by atoms with Crippen LogP contribution in [0, 0.1) is 3.57 Å². The first-order chi connectivity index (χ1) is 16.0. The molecule has 3 N–H and O–H groups in total. The van der Waals surface area contributed by atoms with Crippen LogP contribution in [0.2, 0.25) is 0 Å². The van der Waals surface area contributed by atoms with Gasteiger partial charge in [-0.25, -0.2) is 5.43 Å². The molecule has 0 saturated heterocycles. The Bertz CT molecular complexity index is 1130. The van der Waals surface area contributed by atoms with Crippen LogP contribution < -0.4 is 15.5 Å². The molecular formula is C22H23IN6O3S. The minimum atomic E-state index is -0.314. The van der Waals surface area contributed by atoms with Crippen LogP contribution in [0.15, 0.2) is 65.4 Å². The molecule has 0 bridgehead atoms. The summed E-state index contributed by atoms with van der Waals surface area (Å²) in [7, 11) is 1.46. The van der Waals surface area contributed by atoms with Gasteiger partial charge in [-0.05, 0) is 59.0 Å². The molecule has 33 heavy (non-hydrogen) atoms. The Balaban J connectivity index is 1.56. The molecule has 11 heteroatoms. The zero-order chi connectivity index (χ0) is 23.6. The third kappa shape index (κ3) is 6.96. The largest absolute Gasteiger partial charge is 0.504 e. The molecule has 1 heterocycles. The number of carbonyl (C=O) groups is 1. The predicted molar refractivity (Wildman–Crippen MR) is 138 cm³/mol. The van der Waals surface area contributed by atoms with Crippen molar-refractivity contribution in [1.82, 2.24) is 20.2 Å². The Morgan fingerprint density at radius 3 is 2.82 bits per heavy atom. The molecule has 172 valence electrons. The third-order valence-corrected chi connectivity index (χ3v) is 6.06. The van der Waals surface area contributed by atoms with Gasteiger partial charge in [-0.2, -0.15) is 5.10 Å². The van der Waals surface area contributed by atoms with Gasteiger partial charge in [0.05, 0.1) is 25.6 Å². The number of hydrogen-bond donors (Lipinski definition) is 3. The SMILES string of the molecule is C=CCn1c(CNc2ccc(I)cc2)nnc1SCC(=O)N/N=C/c1cccc(OC)c1O. The Kier molecular flexibility index (Phi) is 9.13. The molecule has 1 amide bonds. The molecule has 0 radical (unpaired) electrons. The lowest BCUT2D eigenvalue weighted by molar-refractivity contribution is -0.118. The maximum atomic E-state index is 12.2. The van der Waals surface area contributed by atoms with Crippen molar-refractivity contribution in [1.29, 1.82) is 0 Å². The number of hydrazone groups is 1. The number of anilines is 1. The van der Waals surface area contributed by atoms with Crippen molar-refractivity contribution in [3.05, 3.63) is 70.1 Å². The first-order valence-electron chi connectivity index (χ1n) is 9.85. The van der Waals surface area contributed by atoms with Crippen LogP contribution >= 0.6 is 34.4 Å². The summed E-state index contributed by atoms with van der Waals surface area (Å²) in [5.74, 6) is 0.806. The number of halogens is 1. The summed E-state index contributed by atoms with van der Waals surface area (Å²) in [4.78, 5) is 12.2. The van der Waals surface area contributed by atoms with E-state index in [0.29, 0.717) is 29.6 Å². The number of thioether (sulfide) groups is 1. The van der Waals surface area contributed by atoms with Gasteiger partial charge in [-0.3, -0.25) is 4.79 Å². The number of allylic oxidation sites excluding steroid dienone is 1. The quantitative estimate of drug-likeness (QED) is 0.105. The number of amides is 1. The topological polar surface area (TPSA) is 114 Å². The van der Waals surface area contributed by atoms with Crippen LogP contribution in [0.1, 0.15) is 11.4 Å². The number of para-hydroxylation sites is 1. The van der Waals surface area contributed by atoms with Gasteiger partial charge in [0.15, 0.2) is 22.5 Å². The van der Waals surface area contributed by atoms with Crippen LogP contribution in [0.4, 0.5) is 5.69 Å². The van der Waals surface area contributed by atoms with Crippen molar-refractivity contribution in [2.24, 2.45) is 5.10 Å². The van der Waals surface area contributed by atoms with Crippen LogP contribution in [-0.4, -0.2) is 44.9 Å². The molecule has 0 fully saturated rings.